The minimum atomic E-state index is -5.08. The Balaban J connectivity index is 0.000000333. The van der Waals surface area contributed by atoms with Gasteiger partial charge in [-0.25, -0.2) is 23.9 Å². The Bertz CT molecular complexity index is 1110. The lowest BCUT2D eigenvalue weighted by molar-refractivity contribution is -0.193. The first-order valence-electron chi connectivity index (χ1n) is 11.2. The summed E-state index contributed by atoms with van der Waals surface area (Å²) < 4.78 is 82.4. The lowest BCUT2D eigenvalue weighted by Crippen LogP contribution is -2.53. The molecule has 0 bridgehead atoms. The standard InChI is InChI=1S/C18H20FN5O2.2C2HF3O2/c19-12-8-21-18(22-9-12)24-6-3-16-15(11-24)14(4-7-26-16)17(25)23-13-2-1-5-20-10-13;2*3-2(4,5)1(6)7/h1-2,5,8-10,14-16H,3-4,6-7,11H2,(H,23,25);2*(H,6,7)/t14-,15-,16-;;/m1../s1. The summed E-state index contributed by atoms with van der Waals surface area (Å²) in [5.74, 6) is -5.61. The summed E-state index contributed by atoms with van der Waals surface area (Å²) in [5, 5.41) is 17.2. The summed E-state index contributed by atoms with van der Waals surface area (Å²) in [5.41, 5.74) is 0.690. The lowest BCUT2D eigenvalue weighted by atomic mass is 9.79. The van der Waals surface area contributed by atoms with Crippen LogP contribution in [-0.4, -0.2) is 81.2 Å². The zero-order valence-electron chi connectivity index (χ0n) is 20.2. The number of fused-ring (bicyclic) bond motifs is 1. The fourth-order valence-electron chi connectivity index (χ4n) is 3.76. The van der Waals surface area contributed by atoms with Crippen LogP contribution < -0.4 is 10.2 Å². The number of amides is 1. The minimum absolute atomic E-state index is 0.0156. The fourth-order valence-corrected chi connectivity index (χ4v) is 3.76. The maximum Gasteiger partial charge on any atom is 0.490 e. The monoisotopic (exact) mass is 585 g/mol. The van der Waals surface area contributed by atoms with Gasteiger partial charge in [0.05, 0.1) is 30.4 Å². The second kappa shape index (κ2) is 13.8. The number of hydrogen-bond donors (Lipinski definition) is 3. The lowest BCUT2D eigenvalue weighted by Gasteiger charge is -2.44. The van der Waals surface area contributed by atoms with Gasteiger partial charge >= 0.3 is 24.3 Å². The van der Waals surface area contributed by atoms with Crippen LogP contribution in [0.1, 0.15) is 12.8 Å². The SMILES string of the molecule is O=C(Nc1cccnc1)[C@@H]1CCO[C@@H]2CCN(c3ncc(F)cn3)C[C@@H]21.O=C(O)C(F)(F)F.O=C(O)C(F)(F)F. The van der Waals surface area contributed by atoms with Crippen molar-refractivity contribution >= 4 is 29.5 Å². The van der Waals surface area contributed by atoms with Crippen molar-refractivity contribution in [2.24, 2.45) is 11.8 Å². The molecule has 2 aromatic rings. The molecule has 2 aromatic heterocycles. The van der Waals surface area contributed by atoms with Crippen LogP contribution >= 0.6 is 0 Å². The summed E-state index contributed by atoms with van der Waals surface area (Å²) in [7, 11) is 0. The first-order chi connectivity index (χ1) is 18.6. The number of carbonyl (C=O) groups is 3. The maximum absolute atomic E-state index is 13.1. The normalized spacial score (nSPS) is 20.5. The summed E-state index contributed by atoms with van der Waals surface area (Å²) in [6, 6.07) is 3.61. The van der Waals surface area contributed by atoms with Gasteiger partial charge in [-0.1, -0.05) is 0 Å². The second-order valence-electron chi connectivity index (χ2n) is 8.24. The number of pyridine rings is 1. The van der Waals surface area contributed by atoms with Gasteiger partial charge in [-0.05, 0) is 25.0 Å². The number of nitrogens with zero attached hydrogens (tertiary/aromatic N) is 4. The number of carboxylic acids is 2. The van der Waals surface area contributed by atoms with Crippen LogP contribution in [0, 0.1) is 17.7 Å². The number of carboxylic acid groups (broad SMARTS) is 2. The maximum atomic E-state index is 13.1. The van der Waals surface area contributed by atoms with Gasteiger partial charge in [0.2, 0.25) is 11.9 Å². The topological polar surface area (TPSA) is 155 Å². The number of nitrogens with one attached hydrogen (secondary N) is 1. The molecule has 0 saturated carbocycles. The average Bonchev–Trinajstić information content (AvgIpc) is 2.88. The smallest absolute Gasteiger partial charge is 0.475 e. The molecule has 0 aromatic carbocycles. The Morgan fingerprint density at radius 3 is 2.05 bits per heavy atom. The predicted octanol–water partition coefficient (Wildman–Crippen LogP) is 3.15. The third kappa shape index (κ3) is 9.90. The highest BCUT2D eigenvalue weighted by Crippen LogP contribution is 2.34. The Morgan fingerprint density at radius 1 is 0.975 bits per heavy atom. The molecule has 4 heterocycles. The second-order valence-corrected chi connectivity index (χ2v) is 8.24. The fraction of sp³-hybridized carbons (Fsp3) is 0.455. The van der Waals surface area contributed by atoms with E-state index in [1.165, 1.54) is 12.4 Å². The molecule has 1 amide bonds. The molecule has 2 aliphatic heterocycles. The van der Waals surface area contributed by atoms with E-state index in [1.54, 1.807) is 18.5 Å². The molecule has 2 fully saturated rings. The van der Waals surface area contributed by atoms with Crippen molar-refractivity contribution in [1.29, 1.82) is 0 Å². The quantitative estimate of drug-likeness (QED) is 0.458. The van der Waals surface area contributed by atoms with Crippen molar-refractivity contribution in [3.8, 4) is 0 Å². The van der Waals surface area contributed by atoms with Crippen molar-refractivity contribution in [2.75, 3.05) is 29.9 Å². The molecule has 220 valence electrons. The van der Waals surface area contributed by atoms with Crippen LogP contribution in [0.5, 0.6) is 0 Å². The largest absolute Gasteiger partial charge is 0.490 e. The van der Waals surface area contributed by atoms with Gasteiger partial charge in [0.25, 0.3) is 0 Å². The Kier molecular flexibility index (Phi) is 11.1. The highest BCUT2D eigenvalue weighted by Gasteiger charge is 2.42. The van der Waals surface area contributed by atoms with Gasteiger partial charge < -0.3 is 25.2 Å². The molecule has 18 heteroatoms. The number of alkyl halides is 6. The van der Waals surface area contributed by atoms with E-state index in [-0.39, 0.29) is 23.8 Å². The van der Waals surface area contributed by atoms with Crippen molar-refractivity contribution in [3.63, 3.8) is 0 Å². The molecule has 11 nitrogen and oxygen atoms in total. The first kappa shape index (κ1) is 32.1. The van der Waals surface area contributed by atoms with Crippen LogP contribution in [-0.2, 0) is 19.1 Å². The Hall–Kier alpha value is -4.09. The molecule has 3 N–H and O–H groups in total. The van der Waals surface area contributed by atoms with E-state index >= 15 is 0 Å². The molecule has 2 aliphatic rings. The molecule has 4 rings (SSSR count). The van der Waals surface area contributed by atoms with E-state index in [1.807, 2.05) is 11.0 Å². The Morgan fingerprint density at radius 2 is 1.55 bits per heavy atom. The van der Waals surface area contributed by atoms with Crippen LogP contribution in [0.15, 0.2) is 36.9 Å². The van der Waals surface area contributed by atoms with Gasteiger partial charge in [0, 0.05) is 37.7 Å². The van der Waals surface area contributed by atoms with Crippen molar-refractivity contribution in [1.82, 2.24) is 15.0 Å². The zero-order chi connectivity index (χ0) is 30.1. The molecule has 40 heavy (non-hydrogen) atoms. The molecule has 3 atom stereocenters. The summed E-state index contributed by atoms with van der Waals surface area (Å²) in [6.07, 6.45) is -3.02. The summed E-state index contributed by atoms with van der Waals surface area (Å²) in [4.78, 5) is 44.8. The number of halogens is 7. The van der Waals surface area contributed by atoms with Crippen LogP contribution in [0.3, 0.4) is 0 Å². The molecule has 2 saturated heterocycles. The molecule has 0 unspecified atom stereocenters. The summed E-state index contributed by atoms with van der Waals surface area (Å²) in [6.45, 7) is 1.92. The molecular weight excluding hydrogens is 563 g/mol. The summed E-state index contributed by atoms with van der Waals surface area (Å²) >= 11 is 0. The number of aliphatic carboxylic acids is 2. The number of hydrogen-bond acceptors (Lipinski definition) is 8. The molecular formula is C22H22F7N5O6. The van der Waals surface area contributed by atoms with Crippen molar-refractivity contribution < 1.29 is 60.1 Å². The van der Waals surface area contributed by atoms with Crippen LogP contribution in [0.2, 0.25) is 0 Å². The van der Waals surface area contributed by atoms with Crippen LogP contribution in [0.25, 0.3) is 0 Å². The number of aromatic nitrogens is 3. The third-order valence-corrected chi connectivity index (χ3v) is 5.51. The number of carbonyl (C=O) groups excluding carboxylic acids is 1. The zero-order valence-corrected chi connectivity index (χ0v) is 20.2. The van der Waals surface area contributed by atoms with Gasteiger partial charge in [-0.3, -0.25) is 9.78 Å². The Labute approximate surface area is 221 Å². The predicted molar refractivity (Wildman–Crippen MR) is 120 cm³/mol. The molecule has 0 spiro atoms. The van der Waals surface area contributed by atoms with E-state index < -0.39 is 30.1 Å². The van der Waals surface area contributed by atoms with E-state index in [2.05, 4.69) is 20.3 Å². The highest BCUT2D eigenvalue weighted by atomic mass is 19.4. The van der Waals surface area contributed by atoms with E-state index in [4.69, 9.17) is 24.5 Å². The van der Waals surface area contributed by atoms with Crippen molar-refractivity contribution in [2.45, 2.75) is 31.3 Å². The van der Waals surface area contributed by atoms with Gasteiger partial charge in [-0.15, -0.1) is 0 Å². The average molecular weight is 585 g/mol. The highest BCUT2D eigenvalue weighted by molar-refractivity contribution is 5.92. The molecule has 0 radical (unpaired) electrons. The number of rotatable bonds is 3. The first-order valence-corrected chi connectivity index (χ1v) is 11.2. The van der Waals surface area contributed by atoms with Crippen LogP contribution in [0.4, 0.5) is 42.4 Å². The number of ether oxygens (including phenoxy) is 1. The van der Waals surface area contributed by atoms with E-state index in [0.29, 0.717) is 31.2 Å². The molecule has 0 aliphatic carbocycles. The van der Waals surface area contributed by atoms with Gasteiger partial charge in [0.1, 0.15) is 0 Å². The van der Waals surface area contributed by atoms with Gasteiger partial charge in [0.15, 0.2) is 5.82 Å². The van der Waals surface area contributed by atoms with E-state index in [0.717, 1.165) is 13.0 Å². The third-order valence-electron chi connectivity index (χ3n) is 5.51. The number of anilines is 2. The van der Waals surface area contributed by atoms with Gasteiger partial charge in [-0.2, -0.15) is 26.3 Å². The number of piperidine rings is 1. The van der Waals surface area contributed by atoms with E-state index in [9.17, 15) is 35.5 Å². The van der Waals surface area contributed by atoms with Crippen molar-refractivity contribution in [3.05, 3.63) is 42.7 Å². The minimum Gasteiger partial charge on any atom is -0.475 e.